The summed E-state index contributed by atoms with van der Waals surface area (Å²) in [6.07, 6.45) is 0. The van der Waals surface area contributed by atoms with Crippen LogP contribution in [-0.4, -0.2) is 58.9 Å². The Balaban J connectivity index is 2.72. The number of hydrogen-bond donors (Lipinski definition) is 1. The van der Waals surface area contributed by atoms with Crippen molar-refractivity contribution < 1.29 is 8.42 Å². The number of sulfonamides is 1. The molecule has 5 nitrogen and oxygen atoms in total. The molecule has 1 aromatic carbocycles. The molecule has 120 valence electrons. The van der Waals surface area contributed by atoms with Crippen LogP contribution in [0.4, 0.5) is 5.69 Å². The Labute approximate surface area is 129 Å². The van der Waals surface area contributed by atoms with Crippen molar-refractivity contribution in [3.05, 3.63) is 24.3 Å². The Morgan fingerprint density at radius 2 is 1.57 bits per heavy atom. The van der Waals surface area contributed by atoms with Crippen LogP contribution in [0, 0.1) is 5.41 Å². The quantitative estimate of drug-likeness (QED) is 0.836. The van der Waals surface area contributed by atoms with Gasteiger partial charge in [0, 0.05) is 32.9 Å². The molecule has 1 aromatic rings. The molecule has 0 unspecified atom stereocenters. The summed E-state index contributed by atoms with van der Waals surface area (Å²) >= 11 is 0. The molecule has 0 heterocycles. The summed E-state index contributed by atoms with van der Waals surface area (Å²) in [6, 6.07) is 6.89. The second kappa shape index (κ2) is 6.77. The van der Waals surface area contributed by atoms with E-state index >= 15 is 0 Å². The van der Waals surface area contributed by atoms with Crippen molar-refractivity contribution >= 4 is 15.7 Å². The lowest BCUT2D eigenvalue weighted by Gasteiger charge is -2.29. The first kappa shape index (κ1) is 17.9. The van der Waals surface area contributed by atoms with Gasteiger partial charge in [-0.1, -0.05) is 13.8 Å². The zero-order chi connectivity index (χ0) is 16.3. The Morgan fingerprint density at radius 3 is 2.00 bits per heavy atom. The number of nitrogens with zero attached hydrogens (tertiary/aromatic N) is 2. The Bertz CT molecular complexity index is 549. The third-order valence-corrected chi connectivity index (χ3v) is 4.98. The molecule has 0 amide bonds. The number of nitrogens with one attached hydrogen (secondary N) is 1. The van der Waals surface area contributed by atoms with Crippen molar-refractivity contribution in [2.24, 2.45) is 5.41 Å². The van der Waals surface area contributed by atoms with Gasteiger partial charge in [0.05, 0.1) is 4.90 Å². The van der Waals surface area contributed by atoms with Crippen LogP contribution in [0.15, 0.2) is 29.2 Å². The van der Waals surface area contributed by atoms with E-state index in [1.165, 1.54) is 18.4 Å². The fourth-order valence-corrected chi connectivity index (χ4v) is 3.11. The van der Waals surface area contributed by atoms with Crippen LogP contribution < -0.4 is 5.32 Å². The SMILES string of the molecule is CN(C)CC(C)(C)CNc1ccc(S(=O)(=O)N(C)C)cc1. The predicted octanol–water partition coefficient (Wildman–Crippen LogP) is 1.94. The second-order valence-electron chi connectivity index (χ2n) is 6.57. The Hall–Kier alpha value is -1.11. The summed E-state index contributed by atoms with van der Waals surface area (Å²) in [5.74, 6) is 0. The van der Waals surface area contributed by atoms with Crippen molar-refractivity contribution in [2.75, 3.05) is 46.6 Å². The van der Waals surface area contributed by atoms with E-state index in [-0.39, 0.29) is 5.41 Å². The summed E-state index contributed by atoms with van der Waals surface area (Å²) in [5.41, 5.74) is 1.07. The lowest BCUT2D eigenvalue weighted by Crippen LogP contribution is -2.34. The van der Waals surface area contributed by atoms with E-state index in [4.69, 9.17) is 0 Å². The lowest BCUT2D eigenvalue weighted by atomic mass is 9.93. The fraction of sp³-hybridized carbons (Fsp3) is 0.600. The average molecular weight is 313 g/mol. The van der Waals surface area contributed by atoms with Gasteiger partial charge in [0.2, 0.25) is 10.0 Å². The largest absolute Gasteiger partial charge is 0.384 e. The van der Waals surface area contributed by atoms with Gasteiger partial charge >= 0.3 is 0 Å². The number of hydrogen-bond acceptors (Lipinski definition) is 4. The van der Waals surface area contributed by atoms with Gasteiger partial charge in [-0.3, -0.25) is 0 Å². The number of benzene rings is 1. The zero-order valence-electron chi connectivity index (χ0n) is 13.8. The van der Waals surface area contributed by atoms with Gasteiger partial charge in [0.1, 0.15) is 0 Å². The molecule has 0 aliphatic carbocycles. The molecule has 6 heteroatoms. The third-order valence-electron chi connectivity index (χ3n) is 3.15. The van der Waals surface area contributed by atoms with Gasteiger partial charge in [-0.25, -0.2) is 12.7 Å². The molecule has 1 rings (SSSR count). The van der Waals surface area contributed by atoms with Gasteiger partial charge in [0.25, 0.3) is 0 Å². The first-order valence-electron chi connectivity index (χ1n) is 6.96. The molecule has 0 atom stereocenters. The van der Waals surface area contributed by atoms with Crippen LogP contribution in [0.2, 0.25) is 0 Å². The van der Waals surface area contributed by atoms with Crippen molar-refractivity contribution in [1.82, 2.24) is 9.21 Å². The third kappa shape index (κ3) is 5.30. The van der Waals surface area contributed by atoms with Gasteiger partial charge in [-0.05, 0) is 43.8 Å². The molecular formula is C15H27N3O2S. The van der Waals surface area contributed by atoms with E-state index in [0.717, 1.165) is 18.8 Å². The van der Waals surface area contributed by atoms with Crippen LogP contribution in [0.3, 0.4) is 0 Å². The van der Waals surface area contributed by atoms with E-state index in [0.29, 0.717) is 4.90 Å². The first-order chi connectivity index (χ1) is 9.54. The molecule has 0 bridgehead atoms. The topological polar surface area (TPSA) is 52.7 Å². The maximum absolute atomic E-state index is 12.0. The highest BCUT2D eigenvalue weighted by molar-refractivity contribution is 7.89. The van der Waals surface area contributed by atoms with E-state index in [1.54, 1.807) is 12.1 Å². The standard InChI is InChI=1S/C15H27N3O2S/c1-15(2,12-17(3)4)11-16-13-7-9-14(10-8-13)21(19,20)18(5)6/h7-10,16H,11-12H2,1-6H3. The lowest BCUT2D eigenvalue weighted by molar-refractivity contribution is 0.254. The number of rotatable bonds is 7. The van der Waals surface area contributed by atoms with Crippen LogP contribution >= 0.6 is 0 Å². The van der Waals surface area contributed by atoms with Crippen LogP contribution in [0.25, 0.3) is 0 Å². The molecule has 0 aromatic heterocycles. The van der Waals surface area contributed by atoms with Gasteiger partial charge in [-0.15, -0.1) is 0 Å². The summed E-state index contributed by atoms with van der Waals surface area (Å²) in [5, 5.41) is 3.36. The summed E-state index contributed by atoms with van der Waals surface area (Å²) in [6.45, 7) is 6.20. The minimum atomic E-state index is -3.35. The van der Waals surface area contributed by atoms with E-state index in [2.05, 4.69) is 38.2 Å². The highest BCUT2D eigenvalue weighted by Gasteiger charge is 2.19. The van der Waals surface area contributed by atoms with Crippen molar-refractivity contribution in [3.8, 4) is 0 Å². The summed E-state index contributed by atoms with van der Waals surface area (Å²) < 4.78 is 25.2. The normalized spacial score (nSPS) is 13.0. The Kier molecular flexibility index (Phi) is 5.78. The van der Waals surface area contributed by atoms with Gasteiger partial charge in [0.15, 0.2) is 0 Å². The van der Waals surface area contributed by atoms with Crippen LogP contribution in [0.1, 0.15) is 13.8 Å². The highest BCUT2D eigenvalue weighted by Crippen LogP contribution is 2.20. The monoisotopic (exact) mass is 313 g/mol. The average Bonchev–Trinajstić information content (AvgIpc) is 2.35. The number of anilines is 1. The molecule has 0 radical (unpaired) electrons. The van der Waals surface area contributed by atoms with Crippen LogP contribution in [0.5, 0.6) is 0 Å². The molecule has 0 fully saturated rings. The molecular weight excluding hydrogens is 286 g/mol. The zero-order valence-corrected chi connectivity index (χ0v) is 14.7. The molecule has 0 saturated carbocycles. The predicted molar refractivity (Wildman–Crippen MR) is 88.1 cm³/mol. The second-order valence-corrected chi connectivity index (χ2v) is 8.72. The minimum Gasteiger partial charge on any atom is -0.384 e. The van der Waals surface area contributed by atoms with E-state index in [1.807, 2.05) is 12.1 Å². The van der Waals surface area contributed by atoms with Crippen molar-refractivity contribution in [2.45, 2.75) is 18.7 Å². The molecule has 0 aliphatic heterocycles. The van der Waals surface area contributed by atoms with Crippen molar-refractivity contribution in [1.29, 1.82) is 0 Å². The molecule has 0 spiro atoms. The Morgan fingerprint density at radius 1 is 1.05 bits per heavy atom. The summed E-state index contributed by atoms with van der Waals surface area (Å²) in [4.78, 5) is 2.47. The maximum Gasteiger partial charge on any atom is 0.242 e. The van der Waals surface area contributed by atoms with Crippen LogP contribution in [-0.2, 0) is 10.0 Å². The molecule has 0 aliphatic rings. The minimum absolute atomic E-state index is 0.137. The molecule has 0 saturated heterocycles. The van der Waals surface area contributed by atoms with E-state index in [9.17, 15) is 8.42 Å². The highest BCUT2D eigenvalue weighted by atomic mass is 32.2. The van der Waals surface area contributed by atoms with Crippen molar-refractivity contribution in [3.63, 3.8) is 0 Å². The van der Waals surface area contributed by atoms with Gasteiger partial charge < -0.3 is 10.2 Å². The van der Waals surface area contributed by atoms with Gasteiger partial charge in [-0.2, -0.15) is 0 Å². The van der Waals surface area contributed by atoms with E-state index < -0.39 is 10.0 Å². The maximum atomic E-state index is 12.0. The molecule has 21 heavy (non-hydrogen) atoms. The first-order valence-corrected chi connectivity index (χ1v) is 8.40. The summed E-state index contributed by atoms with van der Waals surface area (Å²) in [7, 11) is 3.83. The molecule has 1 N–H and O–H groups in total. The fourth-order valence-electron chi connectivity index (χ4n) is 2.21. The smallest absolute Gasteiger partial charge is 0.242 e.